The average molecular weight is 181 g/mol. The maximum atomic E-state index is 9.53. The third kappa shape index (κ3) is 1.87. The van der Waals surface area contributed by atoms with Crippen molar-refractivity contribution >= 4 is 0 Å². The molecule has 72 valence electrons. The van der Waals surface area contributed by atoms with Crippen LogP contribution in [0.1, 0.15) is 12.5 Å². The van der Waals surface area contributed by atoms with Crippen molar-refractivity contribution in [3.8, 4) is 0 Å². The van der Waals surface area contributed by atoms with Gasteiger partial charge in [-0.1, -0.05) is 30.3 Å². The molecular formula is C9H15N3O. The van der Waals surface area contributed by atoms with Gasteiger partial charge >= 0.3 is 0 Å². The van der Waals surface area contributed by atoms with E-state index in [-0.39, 0.29) is 0 Å². The third-order valence-corrected chi connectivity index (χ3v) is 2.09. The second-order valence-corrected chi connectivity index (χ2v) is 3.38. The first-order chi connectivity index (χ1) is 5.86. The second-order valence-electron chi connectivity index (χ2n) is 3.38. The fraction of sp³-hybridized carbons (Fsp3) is 0.333. The Morgan fingerprint density at radius 3 is 1.92 bits per heavy atom. The first-order valence-corrected chi connectivity index (χ1v) is 4.00. The summed E-state index contributed by atoms with van der Waals surface area (Å²) in [6, 6.07) is 8.86. The van der Waals surface area contributed by atoms with E-state index in [0.29, 0.717) is 5.56 Å². The lowest BCUT2D eigenvalue weighted by Crippen LogP contribution is -2.67. The summed E-state index contributed by atoms with van der Waals surface area (Å²) in [5.41, 5.74) is 14.4. The Morgan fingerprint density at radius 1 is 1.08 bits per heavy atom. The minimum atomic E-state index is -1.64. The number of hydrogen-bond acceptors (Lipinski definition) is 4. The highest BCUT2D eigenvalue weighted by atomic mass is 16.3. The van der Waals surface area contributed by atoms with E-state index < -0.39 is 11.4 Å². The molecule has 7 N–H and O–H groups in total. The Kier molecular flexibility index (Phi) is 2.40. The van der Waals surface area contributed by atoms with Crippen LogP contribution in [-0.4, -0.2) is 10.8 Å². The molecule has 0 bridgehead atoms. The standard InChI is InChI=1S/C9H15N3O/c1-8(10,13)9(11,12)7-5-3-2-4-6-7/h2-6,13H,10-12H2,1H3. The van der Waals surface area contributed by atoms with Crippen LogP contribution in [0.2, 0.25) is 0 Å². The largest absolute Gasteiger partial charge is 0.373 e. The van der Waals surface area contributed by atoms with Crippen LogP contribution in [0.15, 0.2) is 30.3 Å². The molecule has 0 aromatic heterocycles. The molecule has 1 aromatic carbocycles. The molecule has 0 saturated carbocycles. The number of hydrogen-bond donors (Lipinski definition) is 4. The van der Waals surface area contributed by atoms with Gasteiger partial charge in [0.1, 0.15) is 11.4 Å². The summed E-state index contributed by atoms with van der Waals surface area (Å²) in [4.78, 5) is 0. The summed E-state index contributed by atoms with van der Waals surface area (Å²) in [5, 5.41) is 9.53. The topological polar surface area (TPSA) is 98.3 Å². The number of benzene rings is 1. The van der Waals surface area contributed by atoms with Crippen LogP contribution < -0.4 is 17.2 Å². The van der Waals surface area contributed by atoms with E-state index in [0.717, 1.165) is 0 Å². The molecule has 0 radical (unpaired) electrons. The average Bonchev–Trinajstić information content (AvgIpc) is 2.04. The van der Waals surface area contributed by atoms with Gasteiger partial charge in [-0.05, 0) is 12.5 Å². The Bertz CT molecular complexity index is 277. The van der Waals surface area contributed by atoms with Crippen LogP contribution >= 0.6 is 0 Å². The van der Waals surface area contributed by atoms with Gasteiger partial charge in [0.2, 0.25) is 0 Å². The van der Waals surface area contributed by atoms with Gasteiger partial charge in [-0.2, -0.15) is 0 Å². The number of rotatable bonds is 2. The molecule has 1 aromatic rings. The predicted molar refractivity (Wildman–Crippen MR) is 51.3 cm³/mol. The molecule has 1 atom stereocenters. The lowest BCUT2D eigenvalue weighted by Gasteiger charge is -2.36. The highest BCUT2D eigenvalue weighted by Crippen LogP contribution is 2.20. The van der Waals surface area contributed by atoms with Crippen molar-refractivity contribution in [2.75, 3.05) is 0 Å². The van der Waals surface area contributed by atoms with Crippen LogP contribution in [-0.2, 0) is 5.66 Å². The summed E-state index contributed by atoms with van der Waals surface area (Å²) in [7, 11) is 0. The van der Waals surface area contributed by atoms with Crippen molar-refractivity contribution in [1.82, 2.24) is 0 Å². The van der Waals surface area contributed by atoms with Gasteiger partial charge in [0, 0.05) is 0 Å². The van der Waals surface area contributed by atoms with Crippen LogP contribution in [0, 0.1) is 0 Å². The zero-order valence-corrected chi connectivity index (χ0v) is 7.57. The minimum absolute atomic E-state index is 0.600. The third-order valence-electron chi connectivity index (χ3n) is 2.09. The van der Waals surface area contributed by atoms with E-state index in [4.69, 9.17) is 17.2 Å². The zero-order chi connectivity index (χ0) is 10.1. The number of aliphatic hydroxyl groups is 1. The van der Waals surface area contributed by atoms with E-state index in [1.807, 2.05) is 6.07 Å². The number of nitrogens with two attached hydrogens (primary N) is 3. The summed E-state index contributed by atoms with van der Waals surface area (Å²) in [6.07, 6.45) is 0. The van der Waals surface area contributed by atoms with Gasteiger partial charge in [0.05, 0.1) is 0 Å². The molecule has 1 unspecified atom stereocenters. The van der Waals surface area contributed by atoms with Gasteiger partial charge in [-0.3, -0.25) is 0 Å². The zero-order valence-electron chi connectivity index (χ0n) is 7.57. The first kappa shape index (κ1) is 10.1. The highest BCUT2D eigenvalue weighted by Gasteiger charge is 2.38. The summed E-state index contributed by atoms with van der Waals surface area (Å²) < 4.78 is 0. The molecule has 0 aliphatic rings. The Balaban J connectivity index is 3.08. The lowest BCUT2D eigenvalue weighted by molar-refractivity contribution is -0.0144. The molecule has 4 nitrogen and oxygen atoms in total. The fourth-order valence-electron chi connectivity index (χ4n) is 1.01. The van der Waals surface area contributed by atoms with Crippen LogP contribution in [0.3, 0.4) is 0 Å². The minimum Gasteiger partial charge on any atom is -0.373 e. The Labute approximate surface area is 77.3 Å². The quantitative estimate of drug-likeness (QED) is 0.459. The molecular weight excluding hydrogens is 166 g/mol. The normalized spacial score (nSPS) is 16.7. The second kappa shape index (κ2) is 3.08. The molecule has 0 aliphatic heterocycles. The first-order valence-electron chi connectivity index (χ1n) is 4.00. The fourth-order valence-corrected chi connectivity index (χ4v) is 1.01. The molecule has 13 heavy (non-hydrogen) atoms. The van der Waals surface area contributed by atoms with E-state index in [2.05, 4.69) is 0 Å². The van der Waals surface area contributed by atoms with E-state index in [1.165, 1.54) is 6.92 Å². The molecule has 0 spiro atoms. The SMILES string of the molecule is CC(N)(O)C(N)(N)c1ccccc1. The molecule has 1 rings (SSSR count). The van der Waals surface area contributed by atoms with Crippen molar-refractivity contribution in [2.45, 2.75) is 18.3 Å². The Morgan fingerprint density at radius 2 is 1.54 bits per heavy atom. The molecule has 0 heterocycles. The van der Waals surface area contributed by atoms with Crippen molar-refractivity contribution in [2.24, 2.45) is 17.2 Å². The monoisotopic (exact) mass is 181 g/mol. The Hall–Kier alpha value is -0.940. The van der Waals surface area contributed by atoms with Gasteiger partial charge in [0.15, 0.2) is 0 Å². The van der Waals surface area contributed by atoms with Crippen LogP contribution in [0.25, 0.3) is 0 Å². The molecule has 0 fully saturated rings. The van der Waals surface area contributed by atoms with Gasteiger partial charge in [-0.25, -0.2) is 0 Å². The maximum Gasteiger partial charge on any atom is 0.146 e. The maximum absolute atomic E-state index is 9.53. The van der Waals surface area contributed by atoms with Gasteiger partial charge in [-0.15, -0.1) is 0 Å². The van der Waals surface area contributed by atoms with Crippen molar-refractivity contribution in [3.63, 3.8) is 0 Å². The van der Waals surface area contributed by atoms with E-state index in [9.17, 15) is 5.11 Å². The summed E-state index contributed by atoms with van der Waals surface area (Å²) >= 11 is 0. The van der Waals surface area contributed by atoms with Crippen LogP contribution in [0.5, 0.6) is 0 Å². The predicted octanol–water partition coefficient (Wildman–Crippen LogP) is -0.576. The van der Waals surface area contributed by atoms with Gasteiger partial charge in [0.25, 0.3) is 0 Å². The molecule has 0 aliphatic carbocycles. The van der Waals surface area contributed by atoms with Crippen molar-refractivity contribution < 1.29 is 5.11 Å². The lowest BCUT2D eigenvalue weighted by atomic mass is 9.92. The van der Waals surface area contributed by atoms with Crippen molar-refractivity contribution in [1.29, 1.82) is 0 Å². The summed E-state index contributed by atoms with van der Waals surface area (Å²) in [5.74, 6) is 0. The highest BCUT2D eigenvalue weighted by molar-refractivity contribution is 5.25. The molecule has 4 heteroatoms. The van der Waals surface area contributed by atoms with Gasteiger partial charge < -0.3 is 22.3 Å². The summed E-state index contributed by atoms with van der Waals surface area (Å²) in [6.45, 7) is 1.38. The van der Waals surface area contributed by atoms with E-state index >= 15 is 0 Å². The van der Waals surface area contributed by atoms with Crippen LogP contribution in [0.4, 0.5) is 0 Å². The molecule has 0 saturated heterocycles. The molecule has 0 amide bonds. The smallest absolute Gasteiger partial charge is 0.146 e. The van der Waals surface area contributed by atoms with Crippen molar-refractivity contribution in [3.05, 3.63) is 35.9 Å². The van der Waals surface area contributed by atoms with E-state index in [1.54, 1.807) is 24.3 Å².